The van der Waals surface area contributed by atoms with Gasteiger partial charge in [-0.05, 0) is 6.92 Å². The van der Waals surface area contributed by atoms with Gasteiger partial charge in [0.1, 0.15) is 5.76 Å². The predicted molar refractivity (Wildman–Crippen MR) is 64.0 cm³/mol. The van der Waals surface area contributed by atoms with E-state index >= 15 is 0 Å². The van der Waals surface area contributed by atoms with Gasteiger partial charge in [0.25, 0.3) is 10.2 Å². The summed E-state index contributed by atoms with van der Waals surface area (Å²) in [5.41, 5.74) is 0.604. The van der Waals surface area contributed by atoms with Crippen molar-refractivity contribution in [3.8, 4) is 0 Å². The Labute approximate surface area is 106 Å². The van der Waals surface area contributed by atoms with Crippen LogP contribution >= 0.6 is 0 Å². The van der Waals surface area contributed by atoms with Gasteiger partial charge >= 0.3 is 0 Å². The molecule has 1 aromatic heterocycles. The number of aryl methyl sites for hydroxylation is 1. The average Bonchev–Trinajstić information content (AvgIpc) is 2.76. The van der Waals surface area contributed by atoms with E-state index in [9.17, 15) is 8.42 Å². The largest absolute Gasteiger partial charge is 0.379 e. The molecular weight excluding hydrogens is 258 g/mol. The summed E-state index contributed by atoms with van der Waals surface area (Å²) in [6.07, 6.45) is 0. The first-order valence-corrected chi connectivity index (χ1v) is 7.11. The zero-order valence-corrected chi connectivity index (χ0v) is 11.3. The summed E-state index contributed by atoms with van der Waals surface area (Å²) in [4.78, 5) is 0. The van der Waals surface area contributed by atoms with Crippen LogP contribution in [0.4, 0.5) is 0 Å². The maximum Gasteiger partial charge on any atom is 0.282 e. The van der Waals surface area contributed by atoms with Gasteiger partial charge in [-0.3, -0.25) is 0 Å². The van der Waals surface area contributed by atoms with Gasteiger partial charge < -0.3 is 9.26 Å². The fourth-order valence-electron chi connectivity index (χ4n) is 1.78. The maximum atomic E-state index is 12.2. The lowest BCUT2D eigenvalue weighted by Gasteiger charge is -2.29. The predicted octanol–water partition coefficient (Wildman–Crippen LogP) is -0.00818. The van der Waals surface area contributed by atoms with Crippen molar-refractivity contribution in [3.05, 3.63) is 17.5 Å². The fourth-order valence-corrected chi connectivity index (χ4v) is 3.08. The lowest BCUT2D eigenvalue weighted by Crippen LogP contribution is -2.47. The Hall–Kier alpha value is -0.960. The Balaban J connectivity index is 2.04. The quantitative estimate of drug-likeness (QED) is 0.772. The Morgan fingerprint density at radius 2 is 2.11 bits per heavy atom. The summed E-state index contributed by atoms with van der Waals surface area (Å²) in [5.74, 6) is 0.669. The standard InChI is InChI=1S/C10H17N3O4S/c1-9-7-10(11-17-9)8-12(2)18(14,15)13-3-5-16-6-4-13/h7H,3-6,8H2,1-2H3. The lowest BCUT2D eigenvalue weighted by molar-refractivity contribution is 0.0705. The van der Waals surface area contributed by atoms with Crippen molar-refractivity contribution in [2.75, 3.05) is 33.4 Å². The first-order valence-electron chi connectivity index (χ1n) is 5.71. The molecule has 1 aromatic rings. The van der Waals surface area contributed by atoms with Crippen molar-refractivity contribution in [1.29, 1.82) is 0 Å². The van der Waals surface area contributed by atoms with Crippen molar-refractivity contribution >= 4 is 10.2 Å². The van der Waals surface area contributed by atoms with E-state index in [1.54, 1.807) is 13.0 Å². The molecular formula is C10H17N3O4S. The van der Waals surface area contributed by atoms with Gasteiger partial charge in [-0.2, -0.15) is 17.0 Å². The van der Waals surface area contributed by atoms with Gasteiger partial charge in [-0.1, -0.05) is 5.16 Å². The summed E-state index contributed by atoms with van der Waals surface area (Å²) in [6, 6.07) is 1.73. The first-order chi connectivity index (χ1) is 8.50. The van der Waals surface area contributed by atoms with Crippen LogP contribution in [-0.4, -0.2) is 55.5 Å². The molecule has 0 atom stereocenters. The van der Waals surface area contributed by atoms with Crippen LogP contribution in [0.5, 0.6) is 0 Å². The Morgan fingerprint density at radius 1 is 1.44 bits per heavy atom. The van der Waals surface area contributed by atoms with E-state index in [4.69, 9.17) is 9.26 Å². The summed E-state index contributed by atoms with van der Waals surface area (Å²) >= 11 is 0. The Morgan fingerprint density at radius 3 is 2.67 bits per heavy atom. The van der Waals surface area contributed by atoms with Crippen LogP contribution < -0.4 is 0 Å². The Bertz CT molecular complexity index is 493. The van der Waals surface area contributed by atoms with E-state index in [-0.39, 0.29) is 6.54 Å². The van der Waals surface area contributed by atoms with Gasteiger partial charge in [0.2, 0.25) is 0 Å². The summed E-state index contributed by atoms with van der Waals surface area (Å²) in [6.45, 7) is 3.64. The number of rotatable bonds is 4. The SMILES string of the molecule is Cc1cc(CN(C)S(=O)(=O)N2CCOCC2)no1. The zero-order chi connectivity index (χ0) is 13.2. The highest BCUT2D eigenvalue weighted by molar-refractivity contribution is 7.86. The molecule has 0 amide bonds. The normalized spacial score (nSPS) is 18.4. The highest BCUT2D eigenvalue weighted by Gasteiger charge is 2.28. The third-order valence-corrected chi connectivity index (χ3v) is 4.69. The van der Waals surface area contributed by atoms with Gasteiger partial charge in [0.15, 0.2) is 0 Å². The molecule has 1 aliphatic rings. The molecule has 1 saturated heterocycles. The molecule has 0 aliphatic carbocycles. The monoisotopic (exact) mass is 275 g/mol. The number of aromatic nitrogens is 1. The molecule has 1 aliphatic heterocycles. The molecule has 0 radical (unpaired) electrons. The molecule has 0 unspecified atom stereocenters. The van der Waals surface area contributed by atoms with E-state index < -0.39 is 10.2 Å². The molecule has 0 aromatic carbocycles. The molecule has 0 spiro atoms. The van der Waals surface area contributed by atoms with Crippen molar-refractivity contribution in [2.24, 2.45) is 0 Å². The van der Waals surface area contributed by atoms with E-state index in [1.165, 1.54) is 15.7 Å². The third kappa shape index (κ3) is 2.89. The lowest BCUT2D eigenvalue weighted by atomic mass is 10.4. The van der Waals surface area contributed by atoms with Crippen molar-refractivity contribution in [2.45, 2.75) is 13.5 Å². The van der Waals surface area contributed by atoms with Gasteiger partial charge in [-0.25, -0.2) is 0 Å². The maximum absolute atomic E-state index is 12.2. The number of nitrogens with zero attached hydrogens (tertiary/aromatic N) is 3. The van der Waals surface area contributed by atoms with Crippen LogP contribution in [0.15, 0.2) is 10.6 Å². The van der Waals surface area contributed by atoms with Gasteiger partial charge in [0, 0.05) is 26.2 Å². The molecule has 2 rings (SSSR count). The van der Waals surface area contributed by atoms with Crippen molar-refractivity contribution < 1.29 is 17.7 Å². The minimum Gasteiger partial charge on any atom is -0.379 e. The van der Waals surface area contributed by atoms with E-state index in [1.807, 2.05) is 0 Å². The summed E-state index contributed by atoms with van der Waals surface area (Å²) in [7, 11) is -1.91. The molecule has 1 fully saturated rings. The van der Waals surface area contributed by atoms with Crippen molar-refractivity contribution in [3.63, 3.8) is 0 Å². The van der Waals surface area contributed by atoms with E-state index in [0.717, 1.165) is 0 Å². The molecule has 102 valence electrons. The molecule has 0 N–H and O–H groups in total. The minimum absolute atomic E-state index is 0.205. The van der Waals surface area contributed by atoms with E-state index in [0.29, 0.717) is 37.8 Å². The third-order valence-electron chi connectivity index (χ3n) is 2.75. The van der Waals surface area contributed by atoms with Crippen LogP contribution in [0.2, 0.25) is 0 Å². The van der Waals surface area contributed by atoms with Crippen LogP contribution in [0.3, 0.4) is 0 Å². The highest BCUT2D eigenvalue weighted by atomic mass is 32.2. The molecule has 0 bridgehead atoms. The molecule has 7 nitrogen and oxygen atoms in total. The smallest absolute Gasteiger partial charge is 0.282 e. The highest BCUT2D eigenvalue weighted by Crippen LogP contribution is 2.13. The van der Waals surface area contributed by atoms with Crippen LogP contribution in [0, 0.1) is 6.92 Å². The second kappa shape index (κ2) is 5.35. The molecule has 18 heavy (non-hydrogen) atoms. The van der Waals surface area contributed by atoms with Crippen LogP contribution in [0.25, 0.3) is 0 Å². The zero-order valence-electron chi connectivity index (χ0n) is 10.5. The molecule has 8 heteroatoms. The average molecular weight is 275 g/mol. The number of morpholine rings is 1. The van der Waals surface area contributed by atoms with Crippen LogP contribution in [-0.2, 0) is 21.5 Å². The molecule has 0 saturated carbocycles. The second-order valence-corrected chi connectivity index (χ2v) is 6.24. The minimum atomic E-state index is -3.45. The summed E-state index contributed by atoms with van der Waals surface area (Å²) < 4.78 is 37.2. The second-order valence-electron chi connectivity index (χ2n) is 4.20. The first kappa shape index (κ1) is 13.5. The van der Waals surface area contributed by atoms with Gasteiger partial charge in [-0.15, -0.1) is 0 Å². The molecule has 2 heterocycles. The topological polar surface area (TPSA) is 75.9 Å². The number of ether oxygens (including phenoxy) is 1. The number of hydrogen-bond donors (Lipinski definition) is 0. The number of hydrogen-bond acceptors (Lipinski definition) is 5. The van der Waals surface area contributed by atoms with E-state index in [2.05, 4.69) is 5.16 Å². The fraction of sp³-hybridized carbons (Fsp3) is 0.700. The summed E-state index contributed by atoms with van der Waals surface area (Å²) in [5, 5.41) is 3.79. The van der Waals surface area contributed by atoms with Crippen molar-refractivity contribution in [1.82, 2.24) is 13.8 Å². The van der Waals surface area contributed by atoms with Crippen LogP contribution in [0.1, 0.15) is 11.5 Å². The van der Waals surface area contributed by atoms with Gasteiger partial charge in [0.05, 0.1) is 25.5 Å². The Kier molecular flexibility index (Phi) is 4.00.